The Bertz CT molecular complexity index is 461. The van der Waals surface area contributed by atoms with Gasteiger partial charge in [-0.15, -0.1) is 0 Å². The van der Waals surface area contributed by atoms with Crippen LogP contribution in [0.4, 0.5) is 8.78 Å². The van der Waals surface area contributed by atoms with Crippen molar-refractivity contribution in [2.45, 2.75) is 38.8 Å². The van der Waals surface area contributed by atoms with Crippen molar-refractivity contribution >= 4 is 5.91 Å². The Labute approximate surface area is 117 Å². The van der Waals surface area contributed by atoms with E-state index in [0.29, 0.717) is 24.7 Å². The number of carbonyl (C=O) groups excluding carboxylic acids is 1. The molecule has 2 unspecified atom stereocenters. The van der Waals surface area contributed by atoms with Crippen molar-refractivity contribution in [1.29, 1.82) is 0 Å². The van der Waals surface area contributed by atoms with Crippen LogP contribution in [0.1, 0.15) is 30.3 Å². The molecule has 1 aromatic heterocycles. The fraction of sp³-hybridized carbons (Fsp3) is 0.643. The van der Waals surface area contributed by atoms with Crippen LogP contribution in [-0.2, 0) is 6.54 Å². The molecule has 1 saturated heterocycles. The number of piperidine rings is 1. The monoisotopic (exact) mass is 285 g/mol. The van der Waals surface area contributed by atoms with Gasteiger partial charge in [0, 0.05) is 18.8 Å². The molecule has 1 aromatic rings. The molecule has 0 saturated carbocycles. The molecule has 2 N–H and O–H groups in total. The first-order chi connectivity index (χ1) is 9.52. The van der Waals surface area contributed by atoms with Gasteiger partial charge in [0.1, 0.15) is 5.69 Å². The average molecular weight is 285 g/mol. The first-order valence-corrected chi connectivity index (χ1v) is 6.97. The zero-order chi connectivity index (χ0) is 14.7. The Morgan fingerprint density at radius 3 is 2.90 bits per heavy atom. The summed E-state index contributed by atoms with van der Waals surface area (Å²) in [4.78, 5) is 14.3. The number of hydrogen-bond acceptors (Lipinski definition) is 2. The molecule has 112 valence electrons. The predicted octanol–water partition coefficient (Wildman–Crippen LogP) is 1.95. The number of halogens is 2. The summed E-state index contributed by atoms with van der Waals surface area (Å²) in [6.45, 7) is 2.70. The van der Waals surface area contributed by atoms with E-state index in [-0.39, 0.29) is 11.9 Å². The Hall–Kier alpha value is -1.43. The summed E-state index contributed by atoms with van der Waals surface area (Å²) >= 11 is 0. The second-order valence-corrected chi connectivity index (χ2v) is 5.42. The average Bonchev–Trinajstić information content (AvgIpc) is 2.86. The SMILES string of the molecule is CC1CCC(CN)CN1C(=O)c1cccn1CC(F)F. The van der Waals surface area contributed by atoms with Crippen molar-refractivity contribution in [3.8, 4) is 0 Å². The fourth-order valence-electron chi connectivity index (χ4n) is 2.72. The molecule has 2 heterocycles. The number of rotatable bonds is 4. The van der Waals surface area contributed by atoms with Crippen LogP contribution >= 0.6 is 0 Å². The van der Waals surface area contributed by atoms with Crippen molar-refractivity contribution in [1.82, 2.24) is 9.47 Å². The van der Waals surface area contributed by atoms with Crippen molar-refractivity contribution in [3.05, 3.63) is 24.0 Å². The van der Waals surface area contributed by atoms with E-state index in [1.807, 2.05) is 6.92 Å². The van der Waals surface area contributed by atoms with Crippen LogP contribution < -0.4 is 5.73 Å². The summed E-state index contributed by atoms with van der Waals surface area (Å²) in [7, 11) is 0. The van der Waals surface area contributed by atoms with Crippen LogP contribution in [0.5, 0.6) is 0 Å². The van der Waals surface area contributed by atoms with E-state index in [1.165, 1.54) is 10.8 Å². The quantitative estimate of drug-likeness (QED) is 0.919. The molecule has 1 fully saturated rings. The molecule has 4 nitrogen and oxygen atoms in total. The summed E-state index contributed by atoms with van der Waals surface area (Å²) in [6.07, 6.45) is 0.974. The van der Waals surface area contributed by atoms with E-state index in [4.69, 9.17) is 5.73 Å². The van der Waals surface area contributed by atoms with E-state index in [2.05, 4.69) is 0 Å². The van der Waals surface area contributed by atoms with E-state index >= 15 is 0 Å². The highest BCUT2D eigenvalue weighted by molar-refractivity contribution is 5.93. The number of hydrogen-bond donors (Lipinski definition) is 1. The first kappa shape index (κ1) is 15.0. The van der Waals surface area contributed by atoms with Gasteiger partial charge in [-0.3, -0.25) is 4.79 Å². The predicted molar refractivity (Wildman–Crippen MR) is 72.7 cm³/mol. The zero-order valence-electron chi connectivity index (χ0n) is 11.6. The van der Waals surface area contributed by atoms with Gasteiger partial charge >= 0.3 is 0 Å². The lowest BCUT2D eigenvalue weighted by atomic mass is 9.93. The smallest absolute Gasteiger partial charge is 0.270 e. The van der Waals surface area contributed by atoms with Gasteiger partial charge in [-0.05, 0) is 44.4 Å². The second kappa shape index (κ2) is 6.35. The fourth-order valence-corrected chi connectivity index (χ4v) is 2.72. The summed E-state index contributed by atoms with van der Waals surface area (Å²) in [5, 5.41) is 0. The zero-order valence-corrected chi connectivity index (χ0v) is 11.6. The Kier molecular flexibility index (Phi) is 4.75. The summed E-state index contributed by atoms with van der Waals surface area (Å²) in [6, 6.07) is 3.36. The van der Waals surface area contributed by atoms with Crippen molar-refractivity contribution in [3.63, 3.8) is 0 Å². The molecule has 0 radical (unpaired) electrons. The van der Waals surface area contributed by atoms with Crippen LogP contribution in [-0.4, -0.2) is 40.9 Å². The third kappa shape index (κ3) is 3.17. The van der Waals surface area contributed by atoms with E-state index < -0.39 is 13.0 Å². The van der Waals surface area contributed by atoms with Gasteiger partial charge < -0.3 is 15.2 Å². The molecule has 0 aliphatic carbocycles. The Balaban J connectivity index is 2.15. The number of likely N-dealkylation sites (tertiary alicyclic amines) is 1. The molecular formula is C14H21F2N3O. The van der Waals surface area contributed by atoms with Gasteiger partial charge in [-0.1, -0.05) is 0 Å². The normalized spacial score (nSPS) is 23.4. The van der Waals surface area contributed by atoms with Gasteiger partial charge in [0.2, 0.25) is 0 Å². The van der Waals surface area contributed by atoms with Gasteiger partial charge in [-0.2, -0.15) is 0 Å². The number of carbonyl (C=O) groups is 1. The minimum atomic E-state index is -2.47. The highest BCUT2D eigenvalue weighted by atomic mass is 19.3. The highest BCUT2D eigenvalue weighted by Gasteiger charge is 2.30. The number of alkyl halides is 2. The Morgan fingerprint density at radius 1 is 1.50 bits per heavy atom. The largest absolute Gasteiger partial charge is 0.338 e. The molecule has 2 atom stereocenters. The van der Waals surface area contributed by atoms with Crippen molar-refractivity contribution in [2.24, 2.45) is 11.7 Å². The molecule has 0 spiro atoms. The van der Waals surface area contributed by atoms with E-state index in [1.54, 1.807) is 17.0 Å². The molecular weight excluding hydrogens is 264 g/mol. The second-order valence-electron chi connectivity index (χ2n) is 5.42. The van der Waals surface area contributed by atoms with Gasteiger partial charge in [0.05, 0.1) is 6.54 Å². The Morgan fingerprint density at radius 2 is 2.25 bits per heavy atom. The van der Waals surface area contributed by atoms with E-state index in [9.17, 15) is 13.6 Å². The van der Waals surface area contributed by atoms with Gasteiger partial charge in [0.25, 0.3) is 12.3 Å². The first-order valence-electron chi connectivity index (χ1n) is 6.97. The third-order valence-corrected chi connectivity index (χ3v) is 3.96. The third-order valence-electron chi connectivity index (χ3n) is 3.96. The standard InChI is InChI=1S/C14H21F2N3O/c1-10-4-5-11(7-17)8-19(10)14(20)12-3-2-6-18(12)9-13(15)16/h2-3,6,10-11,13H,4-5,7-9,17H2,1H3. The minimum Gasteiger partial charge on any atom is -0.338 e. The maximum Gasteiger partial charge on any atom is 0.270 e. The molecule has 2 rings (SSSR count). The number of amides is 1. The van der Waals surface area contributed by atoms with Gasteiger partial charge in [0.15, 0.2) is 0 Å². The lowest BCUT2D eigenvalue weighted by molar-refractivity contribution is 0.0549. The van der Waals surface area contributed by atoms with Crippen molar-refractivity contribution < 1.29 is 13.6 Å². The van der Waals surface area contributed by atoms with E-state index in [0.717, 1.165) is 12.8 Å². The van der Waals surface area contributed by atoms with Crippen LogP contribution in [0.15, 0.2) is 18.3 Å². The molecule has 1 aliphatic heterocycles. The maximum atomic E-state index is 12.6. The highest BCUT2D eigenvalue weighted by Crippen LogP contribution is 2.23. The number of nitrogens with zero attached hydrogens (tertiary/aromatic N) is 2. The van der Waals surface area contributed by atoms with Crippen molar-refractivity contribution in [2.75, 3.05) is 13.1 Å². The molecule has 20 heavy (non-hydrogen) atoms. The lowest BCUT2D eigenvalue weighted by Gasteiger charge is -2.37. The molecule has 0 bridgehead atoms. The van der Waals surface area contributed by atoms with Crippen LogP contribution in [0.25, 0.3) is 0 Å². The molecule has 1 amide bonds. The minimum absolute atomic E-state index is 0.125. The summed E-state index contributed by atoms with van der Waals surface area (Å²) in [5.41, 5.74) is 6.01. The number of aromatic nitrogens is 1. The van der Waals surface area contributed by atoms with Crippen LogP contribution in [0.2, 0.25) is 0 Å². The topological polar surface area (TPSA) is 51.3 Å². The lowest BCUT2D eigenvalue weighted by Crippen LogP contribution is -2.47. The summed E-state index contributed by atoms with van der Waals surface area (Å²) < 4.78 is 26.4. The van der Waals surface area contributed by atoms with Gasteiger partial charge in [-0.25, -0.2) is 8.78 Å². The maximum absolute atomic E-state index is 12.6. The molecule has 0 aromatic carbocycles. The summed E-state index contributed by atoms with van der Waals surface area (Å²) in [5.74, 6) is 0.120. The molecule has 1 aliphatic rings. The number of nitrogens with two attached hydrogens (primary N) is 1. The molecule has 6 heteroatoms. The van der Waals surface area contributed by atoms with Crippen LogP contribution in [0, 0.1) is 5.92 Å². The van der Waals surface area contributed by atoms with Crippen LogP contribution in [0.3, 0.4) is 0 Å².